The fourth-order valence-electron chi connectivity index (χ4n) is 2.66. The van der Waals surface area contributed by atoms with E-state index < -0.39 is 5.56 Å². The number of pyridine rings is 2. The molecule has 0 bridgehead atoms. The summed E-state index contributed by atoms with van der Waals surface area (Å²) in [5, 5.41) is 8.57. The first-order chi connectivity index (χ1) is 11.1. The van der Waals surface area contributed by atoms with Gasteiger partial charge in [0.05, 0.1) is 32.8 Å². The number of nitrogen functional groups attached to an aromatic ring is 1. The monoisotopic (exact) mass is 345 g/mol. The molecule has 6 nitrogen and oxygen atoms in total. The molecule has 0 saturated carbocycles. The van der Waals surface area contributed by atoms with Gasteiger partial charge in [0.1, 0.15) is 5.69 Å². The van der Waals surface area contributed by atoms with Crippen LogP contribution in [0.1, 0.15) is 0 Å². The van der Waals surface area contributed by atoms with Crippen LogP contribution in [-0.4, -0.2) is 20.2 Å². The van der Waals surface area contributed by atoms with Gasteiger partial charge >= 0.3 is 0 Å². The maximum Gasteiger partial charge on any atom is 0.272 e. The summed E-state index contributed by atoms with van der Waals surface area (Å²) < 4.78 is 0. The van der Waals surface area contributed by atoms with Gasteiger partial charge in [0, 0.05) is 17.1 Å². The molecule has 0 amide bonds. The second-order valence-electron chi connectivity index (χ2n) is 5.05. The Hall–Kier alpha value is -2.57. The van der Waals surface area contributed by atoms with Crippen molar-refractivity contribution in [2.75, 3.05) is 5.73 Å². The molecule has 0 saturated heterocycles. The predicted octanol–water partition coefficient (Wildman–Crippen LogP) is 3.36. The summed E-state index contributed by atoms with van der Waals surface area (Å²) in [6, 6.07) is 5.15. The number of aromatic amines is 2. The number of hydrogen-bond acceptors (Lipinski definition) is 4. The summed E-state index contributed by atoms with van der Waals surface area (Å²) >= 11 is 12.1. The summed E-state index contributed by atoms with van der Waals surface area (Å²) in [6.07, 6.45) is 3.15. The van der Waals surface area contributed by atoms with Crippen molar-refractivity contribution in [3.63, 3.8) is 0 Å². The number of nitrogens with one attached hydrogen (secondary N) is 2. The van der Waals surface area contributed by atoms with Gasteiger partial charge in [0.25, 0.3) is 5.56 Å². The number of aromatic nitrogens is 4. The first-order valence-electron chi connectivity index (χ1n) is 6.65. The van der Waals surface area contributed by atoms with E-state index >= 15 is 0 Å². The van der Waals surface area contributed by atoms with Crippen LogP contribution in [0.4, 0.5) is 5.69 Å². The van der Waals surface area contributed by atoms with Gasteiger partial charge in [-0.25, -0.2) is 0 Å². The summed E-state index contributed by atoms with van der Waals surface area (Å²) in [5.74, 6) is 0. The van der Waals surface area contributed by atoms with E-state index in [4.69, 9.17) is 28.9 Å². The highest BCUT2D eigenvalue weighted by molar-refractivity contribution is 6.35. The lowest BCUT2D eigenvalue weighted by Crippen LogP contribution is -2.14. The van der Waals surface area contributed by atoms with Crippen LogP contribution in [0.2, 0.25) is 10.0 Å². The van der Waals surface area contributed by atoms with Crippen LogP contribution in [0.15, 0.2) is 35.4 Å². The summed E-state index contributed by atoms with van der Waals surface area (Å²) in [6.45, 7) is 0. The third kappa shape index (κ3) is 2.07. The van der Waals surface area contributed by atoms with Gasteiger partial charge in [-0.3, -0.25) is 14.9 Å². The molecule has 4 N–H and O–H groups in total. The predicted molar refractivity (Wildman–Crippen MR) is 91.9 cm³/mol. The number of benzene rings is 1. The number of nitrogens with two attached hydrogens (primary N) is 1. The zero-order chi connectivity index (χ0) is 16.1. The minimum absolute atomic E-state index is 0.0807. The van der Waals surface area contributed by atoms with Crippen LogP contribution >= 0.6 is 23.2 Å². The first-order valence-corrected chi connectivity index (χ1v) is 7.41. The summed E-state index contributed by atoms with van der Waals surface area (Å²) in [5.41, 5.74) is 8.71. The van der Waals surface area contributed by atoms with E-state index in [1.54, 1.807) is 24.4 Å². The molecular weight excluding hydrogens is 337 g/mol. The molecular formula is C15H9Cl2N5O. The van der Waals surface area contributed by atoms with Gasteiger partial charge in [-0.15, -0.1) is 0 Å². The van der Waals surface area contributed by atoms with Crippen LogP contribution in [0.25, 0.3) is 33.1 Å². The molecule has 114 valence electrons. The van der Waals surface area contributed by atoms with E-state index in [1.165, 1.54) is 6.20 Å². The summed E-state index contributed by atoms with van der Waals surface area (Å²) in [7, 11) is 0. The van der Waals surface area contributed by atoms with Crippen molar-refractivity contribution in [3.8, 4) is 11.1 Å². The lowest BCUT2D eigenvalue weighted by Gasteiger charge is -2.10. The smallest absolute Gasteiger partial charge is 0.272 e. The average molecular weight is 346 g/mol. The number of rotatable bonds is 1. The number of H-pyrrole nitrogens is 2. The molecule has 1 aromatic carbocycles. The number of hydrogen-bond donors (Lipinski definition) is 3. The third-order valence-corrected chi connectivity index (χ3v) is 4.21. The van der Waals surface area contributed by atoms with Crippen molar-refractivity contribution in [3.05, 3.63) is 51.0 Å². The van der Waals surface area contributed by atoms with Crippen LogP contribution in [-0.2, 0) is 0 Å². The standard InChI is InChI=1S/C15H9Cl2N5O/c16-6-3-10-14(19-4-6)11(12(18)15(23)21-10)7-1-2-9(17)13-8(7)5-20-22-13/h1-5H,18H2,(H,20,22)(H,21,23). The lowest BCUT2D eigenvalue weighted by atomic mass is 9.99. The molecule has 0 atom stereocenters. The van der Waals surface area contributed by atoms with Crippen molar-refractivity contribution < 1.29 is 0 Å². The average Bonchev–Trinajstić information content (AvgIpc) is 3.01. The lowest BCUT2D eigenvalue weighted by molar-refractivity contribution is 1.12. The molecule has 4 aromatic rings. The van der Waals surface area contributed by atoms with Crippen molar-refractivity contribution >= 4 is 50.8 Å². The molecule has 23 heavy (non-hydrogen) atoms. The molecule has 0 radical (unpaired) electrons. The number of nitrogens with zero attached hydrogens (tertiary/aromatic N) is 2. The molecule has 0 fully saturated rings. The fraction of sp³-hybridized carbons (Fsp3) is 0. The Labute approximate surface area is 139 Å². The van der Waals surface area contributed by atoms with Crippen LogP contribution < -0.4 is 11.3 Å². The topological polar surface area (TPSA) is 100 Å². The Morgan fingerprint density at radius 2 is 2.00 bits per heavy atom. The highest BCUT2D eigenvalue weighted by Gasteiger charge is 2.17. The molecule has 0 aliphatic heterocycles. The van der Waals surface area contributed by atoms with Crippen LogP contribution in [0.3, 0.4) is 0 Å². The molecule has 3 heterocycles. The van der Waals surface area contributed by atoms with E-state index in [9.17, 15) is 4.79 Å². The molecule has 0 unspecified atom stereocenters. The van der Waals surface area contributed by atoms with E-state index in [-0.39, 0.29) is 5.69 Å². The van der Waals surface area contributed by atoms with Crippen molar-refractivity contribution in [1.29, 1.82) is 0 Å². The Balaban J connectivity index is 2.20. The van der Waals surface area contributed by atoms with Gasteiger partial charge in [-0.05, 0) is 17.7 Å². The van der Waals surface area contributed by atoms with Gasteiger partial charge in [0.2, 0.25) is 0 Å². The first kappa shape index (κ1) is 14.0. The normalized spacial score (nSPS) is 11.4. The SMILES string of the molecule is Nc1c(-c2ccc(Cl)c3[nH]ncc23)c2ncc(Cl)cc2[nH]c1=O. The van der Waals surface area contributed by atoms with E-state index in [1.807, 2.05) is 0 Å². The van der Waals surface area contributed by atoms with Gasteiger partial charge < -0.3 is 10.7 Å². The molecule has 0 aliphatic rings. The van der Waals surface area contributed by atoms with Gasteiger partial charge in [-0.1, -0.05) is 29.3 Å². The maximum atomic E-state index is 12.2. The maximum absolute atomic E-state index is 12.2. The van der Waals surface area contributed by atoms with Crippen molar-refractivity contribution in [2.24, 2.45) is 0 Å². The highest BCUT2D eigenvalue weighted by atomic mass is 35.5. The molecule has 0 spiro atoms. The second kappa shape index (κ2) is 4.97. The Bertz CT molecular complexity index is 1130. The van der Waals surface area contributed by atoms with E-state index in [0.29, 0.717) is 32.2 Å². The highest BCUT2D eigenvalue weighted by Crippen LogP contribution is 2.36. The van der Waals surface area contributed by atoms with Crippen LogP contribution in [0.5, 0.6) is 0 Å². The van der Waals surface area contributed by atoms with Gasteiger partial charge in [0.15, 0.2) is 0 Å². The largest absolute Gasteiger partial charge is 0.394 e. The van der Waals surface area contributed by atoms with Gasteiger partial charge in [-0.2, -0.15) is 5.10 Å². The molecule has 0 aliphatic carbocycles. The van der Waals surface area contributed by atoms with Crippen LogP contribution in [0, 0.1) is 0 Å². The Kier molecular flexibility index (Phi) is 3.04. The molecule has 8 heteroatoms. The fourth-order valence-corrected chi connectivity index (χ4v) is 3.02. The zero-order valence-corrected chi connectivity index (χ0v) is 13.0. The zero-order valence-electron chi connectivity index (χ0n) is 11.5. The minimum atomic E-state index is -0.400. The molecule has 3 aromatic heterocycles. The van der Waals surface area contributed by atoms with E-state index in [0.717, 1.165) is 10.9 Å². The van der Waals surface area contributed by atoms with Crippen molar-refractivity contribution in [1.82, 2.24) is 20.2 Å². The quantitative estimate of drug-likeness (QED) is 0.492. The van der Waals surface area contributed by atoms with Crippen molar-refractivity contribution in [2.45, 2.75) is 0 Å². The second-order valence-corrected chi connectivity index (χ2v) is 5.89. The number of halogens is 2. The summed E-state index contributed by atoms with van der Waals surface area (Å²) in [4.78, 5) is 19.2. The number of anilines is 1. The number of fused-ring (bicyclic) bond motifs is 2. The Morgan fingerprint density at radius 1 is 1.17 bits per heavy atom. The third-order valence-electron chi connectivity index (χ3n) is 3.69. The molecule has 4 rings (SSSR count). The minimum Gasteiger partial charge on any atom is -0.394 e. The Morgan fingerprint density at radius 3 is 2.83 bits per heavy atom. The van der Waals surface area contributed by atoms with E-state index in [2.05, 4.69) is 20.2 Å².